The number of nitrogens with zero attached hydrogens (tertiary/aromatic N) is 4. The van der Waals surface area contributed by atoms with Gasteiger partial charge in [0.25, 0.3) is 11.1 Å². The SMILES string of the molecule is Cn1c(C(F)(F)F)c(Sc2c(N)nc(N3CCC4(CC3)Cc3ccccc3[C@H]4N)n(C)c2=O)ccc1=O. The van der Waals surface area contributed by atoms with E-state index >= 15 is 0 Å². The van der Waals surface area contributed by atoms with Crippen LogP contribution in [0.2, 0.25) is 0 Å². The number of nitrogen functional groups attached to an aromatic ring is 1. The number of hydrogen-bond acceptors (Lipinski definition) is 7. The third-order valence-corrected chi connectivity index (χ3v) is 8.78. The maximum atomic E-state index is 13.7. The molecule has 4 N–H and O–H groups in total. The summed E-state index contributed by atoms with van der Waals surface area (Å²) in [4.78, 5) is 31.0. The van der Waals surface area contributed by atoms with Crippen molar-refractivity contribution < 1.29 is 13.2 Å². The Morgan fingerprint density at radius 3 is 2.38 bits per heavy atom. The molecule has 3 heterocycles. The third kappa shape index (κ3) is 4.21. The van der Waals surface area contributed by atoms with Crippen LogP contribution in [0.4, 0.5) is 24.9 Å². The number of benzene rings is 1. The Morgan fingerprint density at radius 2 is 1.73 bits per heavy atom. The Labute approximate surface area is 215 Å². The Kier molecular flexibility index (Phi) is 6.14. The zero-order valence-corrected chi connectivity index (χ0v) is 21.2. The van der Waals surface area contributed by atoms with Crippen LogP contribution in [0.25, 0.3) is 0 Å². The van der Waals surface area contributed by atoms with Crippen molar-refractivity contribution in [3.63, 3.8) is 0 Å². The number of nitrogens with two attached hydrogens (primary N) is 2. The highest BCUT2D eigenvalue weighted by atomic mass is 32.2. The molecule has 1 aromatic carbocycles. The van der Waals surface area contributed by atoms with Gasteiger partial charge in [0.15, 0.2) is 0 Å². The van der Waals surface area contributed by atoms with Crippen molar-refractivity contribution in [1.82, 2.24) is 14.1 Å². The molecule has 0 amide bonds. The standard InChI is InChI=1S/C25H27F3N6O2S/c1-32-17(35)8-7-16(20(32)25(26,27)28)37-18-21(30)31-23(33(2)22(18)36)34-11-9-24(10-12-34)13-14-5-3-4-6-15(14)19(24)29/h3-8,19H,9-13,29-30H2,1-2H3/t19-/m1/s1. The van der Waals surface area contributed by atoms with Crippen LogP contribution < -0.4 is 27.5 Å². The number of anilines is 2. The first-order chi connectivity index (χ1) is 17.4. The van der Waals surface area contributed by atoms with Crippen LogP contribution in [0, 0.1) is 5.41 Å². The lowest BCUT2D eigenvalue weighted by molar-refractivity contribution is -0.146. The normalized spacial score (nSPS) is 18.9. The zero-order valence-electron chi connectivity index (χ0n) is 20.4. The summed E-state index contributed by atoms with van der Waals surface area (Å²) in [6.07, 6.45) is -2.27. The summed E-state index contributed by atoms with van der Waals surface area (Å²) in [7, 11) is 2.57. The molecule has 37 heavy (non-hydrogen) atoms. The lowest BCUT2D eigenvalue weighted by atomic mass is 9.73. The number of halogens is 3. The molecule has 0 radical (unpaired) electrons. The molecule has 0 bridgehead atoms. The maximum absolute atomic E-state index is 13.7. The van der Waals surface area contributed by atoms with E-state index in [-0.39, 0.29) is 27.1 Å². The second kappa shape index (κ2) is 8.95. The van der Waals surface area contributed by atoms with E-state index in [0.29, 0.717) is 35.4 Å². The van der Waals surface area contributed by atoms with Gasteiger partial charge in [-0.15, -0.1) is 0 Å². The highest BCUT2D eigenvalue weighted by Crippen LogP contribution is 2.51. The predicted octanol–water partition coefficient (Wildman–Crippen LogP) is 3.07. The molecular formula is C25H27F3N6O2S. The monoisotopic (exact) mass is 532 g/mol. The van der Waals surface area contributed by atoms with Crippen molar-refractivity contribution >= 4 is 23.5 Å². The van der Waals surface area contributed by atoms with Gasteiger partial charge in [0.1, 0.15) is 16.4 Å². The van der Waals surface area contributed by atoms with Crippen LogP contribution in [-0.4, -0.2) is 27.2 Å². The van der Waals surface area contributed by atoms with Gasteiger partial charge in [-0.2, -0.15) is 18.2 Å². The highest BCUT2D eigenvalue weighted by molar-refractivity contribution is 7.99. The van der Waals surface area contributed by atoms with Crippen LogP contribution in [0.1, 0.15) is 35.7 Å². The van der Waals surface area contributed by atoms with Gasteiger partial charge in [-0.1, -0.05) is 36.0 Å². The first-order valence-corrected chi connectivity index (χ1v) is 12.6. The Morgan fingerprint density at radius 1 is 1.05 bits per heavy atom. The van der Waals surface area contributed by atoms with E-state index in [2.05, 4.69) is 17.1 Å². The Balaban J connectivity index is 1.42. The molecule has 1 aliphatic carbocycles. The second-order valence-electron chi connectivity index (χ2n) is 9.74. The number of alkyl halides is 3. The second-order valence-corrected chi connectivity index (χ2v) is 10.8. The van der Waals surface area contributed by atoms with Crippen molar-refractivity contribution in [2.75, 3.05) is 23.7 Å². The zero-order chi connectivity index (χ0) is 26.7. The summed E-state index contributed by atoms with van der Waals surface area (Å²) >= 11 is 0.560. The predicted molar refractivity (Wildman–Crippen MR) is 136 cm³/mol. The molecule has 1 spiro atoms. The van der Waals surface area contributed by atoms with E-state index in [9.17, 15) is 22.8 Å². The number of hydrogen-bond donors (Lipinski definition) is 2. The Hall–Kier alpha value is -3.25. The fourth-order valence-electron chi connectivity index (χ4n) is 5.56. The molecule has 2 aromatic heterocycles. The van der Waals surface area contributed by atoms with Crippen molar-refractivity contribution in [1.29, 1.82) is 0 Å². The average Bonchev–Trinajstić information content (AvgIpc) is 3.12. The van der Waals surface area contributed by atoms with Gasteiger partial charge in [-0.25, -0.2) is 0 Å². The number of aromatic nitrogens is 3. The molecular weight excluding hydrogens is 505 g/mol. The summed E-state index contributed by atoms with van der Waals surface area (Å²) in [6.45, 7) is 1.24. The number of pyridine rings is 1. The van der Waals surface area contributed by atoms with Crippen LogP contribution in [0.15, 0.2) is 55.8 Å². The largest absolute Gasteiger partial charge is 0.432 e. The molecule has 3 aromatic rings. The number of rotatable bonds is 3. The van der Waals surface area contributed by atoms with Gasteiger partial charge in [0, 0.05) is 44.2 Å². The van der Waals surface area contributed by atoms with Crippen LogP contribution in [-0.2, 0) is 26.7 Å². The molecule has 1 fully saturated rings. The fraction of sp³-hybridized carbons (Fsp3) is 0.400. The van der Waals surface area contributed by atoms with Crippen molar-refractivity contribution in [2.45, 2.75) is 41.3 Å². The molecule has 1 aliphatic heterocycles. The van der Waals surface area contributed by atoms with E-state index in [0.717, 1.165) is 38.4 Å². The molecule has 8 nitrogen and oxygen atoms in total. The van der Waals surface area contributed by atoms with Gasteiger partial charge < -0.3 is 20.9 Å². The first kappa shape index (κ1) is 25.4. The number of piperidine rings is 1. The molecule has 5 rings (SSSR count). The summed E-state index contributed by atoms with van der Waals surface area (Å²) in [5.74, 6) is 0.206. The van der Waals surface area contributed by atoms with Crippen molar-refractivity contribution in [3.8, 4) is 0 Å². The summed E-state index contributed by atoms with van der Waals surface area (Å²) in [6, 6.07) is 10.2. The van der Waals surface area contributed by atoms with E-state index in [1.807, 2.05) is 17.0 Å². The molecule has 0 saturated carbocycles. The van der Waals surface area contributed by atoms with Gasteiger partial charge >= 0.3 is 6.18 Å². The van der Waals surface area contributed by atoms with Crippen LogP contribution in [0.5, 0.6) is 0 Å². The summed E-state index contributed by atoms with van der Waals surface area (Å²) in [5, 5.41) is 0. The fourth-order valence-corrected chi connectivity index (χ4v) is 6.64. The minimum Gasteiger partial charge on any atom is -0.382 e. The molecule has 0 unspecified atom stereocenters. The van der Waals surface area contributed by atoms with Gasteiger partial charge in [-0.3, -0.25) is 14.2 Å². The van der Waals surface area contributed by atoms with Crippen LogP contribution in [0.3, 0.4) is 0 Å². The molecule has 12 heteroatoms. The summed E-state index contributed by atoms with van der Waals surface area (Å²) < 4.78 is 42.9. The maximum Gasteiger partial charge on any atom is 0.432 e. The van der Waals surface area contributed by atoms with Crippen molar-refractivity contribution in [2.24, 2.45) is 25.2 Å². The Bertz CT molecular complexity index is 1490. The van der Waals surface area contributed by atoms with E-state index < -0.39 is 23.0 Å². The molecule has 1 saturated heterocycles. The lowest BCUT2D eigenvalue weighted by Crippen LogP contribution is -2.46. The smallest absolute Gasteiger partial charge is 0.382 e. The third-order valence-electron chi connectivity index (χ3n) is 7.64. The first-order valence-electron chi connectivity index (χ1n) is 11.8. The molecule has 2 aliphatic rings. The molecule has 1 atom stereocenters. The topological polar surface area (TPSA) is 112 Å². The number of fused-ring (bicyclic) bond motifs is 1. The quantitative estimate of drug-likeness (QED) is 0.533. The van der Waals surface area contributed by atoms with Gasteiger partial charge in [0.05, 0.1) is 0 Å². The lowest BCUT2D eigenvalue weighted by Gasteiger charge is -2.42. The summed E-state index contributed by atoms with van der Waals surface area (Å²) in [5.41, 5.74) is 12.7. The van der Waals surface area contributed by atoms with Gasteiger partial charge in [-0.05, 0) is 41.9 Å². The van der Waals surface area contributed by atoms with Gasteiger partial charge in [0.2, 0.25) is 5.95 Å². The highest BCUT2D eigenvalue weighted by Gasteiger charge is 2.46. The van der Waals surface area contributed by atoms with Crippen molar-refractivity contribution in [3.05, 3.63) is 73.9 Å². The molecule has 196 valence electrons. The minimum atomic E-state index is -4.80. The minimum absolute atomic E-state index is 0.0579. The average molecular weight is 533 g/mol. The van der Waals surface area contributed by atoms with E-state index in [1.54, 1.807) is 0 Å². The van der Waals surface area contributed by atoms with E-state index in [1.165, 1.54) is 22.7 Å². The van der Waals surface area contributed by atoms with Crippen LogP contribution >= 0.6 is 11.8 Å². The van der Waals surface area contributed by atoms with E-state index in [4.69, 9.17) is 11.5 Å².